The van der Waals surface area contributed by atoms with Crippen LogP contribution in [0.4, 0.5) is 14.1 Å². The lowest BCUT2D eigenvalue weighted by Gasteiger charge is -1.76. The Kier molecular flexibility index (Phi) is 170. The maximum absolute atomic E-state index is 4.54. The zero-order valence-electron chi connectivity index (χ0n) is 4.34. The van der Waals surface area contributed by atoms with Gasteiger partial charge in [-0.2, -0.15) is 0 Å². The van der Waals surface area contributed by atoms with E-state index in [0.29, 0.717) is 0 Å². The second-order valence-corrected chi connectivity index (χ2v) is 0.577. The summed E-state index contributed by atoms with van der Waals surface area (Å²) in [7, 11) is 1.68. The van der Waals surface area contributed by atoms with Crippen LogP contribution in [0.15, 0.2) is 0 Å². The van der Waals surface area contributed by atoms with E-state index in [1.165, 1.54) is 0 Å². The first-order valence-electron chi connectivity index (χ1n) is 1.40. The van der Waals surface area contributed by atoms with Crippen LogP contribution in [0.5, 0.6) is 0 Å². The Labute approximate surface area is 41.6 Å². The molecule has 0 spiro atoms. The minimum Gasteiger partial charge on any atom is -0.444 e. The summed E-state index contributed by atoms with van der Waals surface area (Å²) in [6.45, 7) is 2.78. The summed E-state index contributed by atoms with van der Waals surface area (Å²) in [4.78, 5) is 0. The molecule has 7 heavy (non-hydrogen) atoms. The van der Waals surface area contributed by atoms with Crippen molar-refractivity contribution in [3.63, 3.8) is 0 Å². The Hall–Kier alpha value is -0.185. The fraction of sp³-hybridized carbons (Fsp3) is 1.00. The minimum atomic E-state index is 0. The van der Waals surface area contributed by atoms with Crippen LogP contribution in [0.2, 0.25) is 0 Å². The second kappa shape index (κ2) is 40.9. The van der Waals surface area contributed by atoms with Gasteiger partial charge in [-0.05, 0) is 6.92 Å². The molecule has 0 saturated heterocycles. The number of halogens is 3. The van der Waals surface area contributed by atoms with E-state index in [9.17, 15) is 0 Å². The lowest BCUT2D eigenvalue weighted by atomic mass is 10.6. The van der Waals surface area contributed by atoms with E-state index >= 15 is 0 Å². The molecule has 0 N–H and O–H groups in total. The SMILES string of the molecule is BOCC.F.F.F. The zero-order valence-corrected chi connectivity index (χ0v) is 4.34. The molecule has 0 aromatic heterocycles. The predicted octanol–water partition coefficient (Wildman–Crippen LogP) is 0.0285. The van der Waals surface area contributed by atoms with E-state index in [-0.39, 0.29) is 14.1 Å². The lowest BCUT2D eigenvalue weighted by Crippen LogP contribution is -1.76. The molecule has 0 bridgehead atoms. The second-order valence-electron chi connectivity index (χ2n) is 0.577. The van der Waals surface area contributed by atoms with E-state index < -0.39 is 0 Å². The summed E-state index contributed by atoms with van der Waals surface area (Å²) < 4.78 is 4.54. The van der Waals surface area contributed by atoms with Crippen molar-refractivity contribution in [3.8, 4) is 0 Å². The summed E-state index contributed by atoms with van der Waals surface area (Å²) in [6, 6.07) is 0. The fourth-order valence-corrected chi connectivity index (χ4v) is 0. The molecular formula is C2H10BF3O. The van der Waals surface area contributed by atoms with Crippen LogP contribution in [0.1, 0.15) is 6.92 Å². The molecule has 0 fully saturated rings. The normalized spacial score (nSPS) is 4.14. The van der Waals surface area contributed by atoms with Crippen LogP contribution >= 0.6 is 0 Å². The molecule has 0 radical (unpaired) electrons. The van der Waals surface area contributed by atoms with Gasteiger partial charge in [-0.25, -0.2) is 0 Å². The number of rotatable bonds is 1. The summed E-state index contributed by atoms with van der Waals surface area (Å²) in [5.41, 5.74) is 0. The third kappa shape index (κ3) is 127. The smallest absolute Gasteiger partial charge is 0.257 e. The monoisotopic (exact) mass is 118 g/mol. The third-order valence-electron chi connectivity index (χ3n) is 0.289. The molecule has 0 rings (SSSR count). The van der Waals surface area contributed by atoms with Crippen molar-refractivity contribution in [1.29, 1.82) is 0 Å². The van der Waals surface area contributed by atoms with E-state index in [2.05, 4.69) is 4.65 Å². The Morgan fingerprint density at radius 3 is 1.43 bits per heavy atom. The van der Waals surface area contributed by atoms with Gasteiger partial charge in [0.15, 0.2) is 0 Å². The molecule has 5 heteroatoms. The molecule has 1 nitrogen and oxygen atoms in total. The Bertz CT molecular complexity index is 14.9. The molecule has 0 aliphatic heterocycles. The van der Waals surface area contributed by atoms with Gasteiger partial charge in [0.1, 0.15) is 0 Å². The van der Waals surface area contributed by atoms with Crippen LogP contribution in [-0.2, 0) is 4.65 Å². The van der Waals surface area contributed by atoms with Gasteiger partial charge in [0, 0.05) is 6.61 Å². The van der Waals surface area contributed by atoms with Crippen LogP contribution < -0.4 is 0 Å². The molecule has 0 saturated carbocycles. The third-order valence-corrected chi connectivity index (χ3v) is 0.289. The molecule has 0 aliphatic rings. The highest BCUT2D eigenvalue weighted by Crippen LogP contribution is 1.50. The first kappa shape index (κ1) is 29.1. The molecule has 0 amide bonds. The average molecular weight is 118 g/mol. The van der Waals surface area contributed by atoms with Crippen LogP contribution in [0.25, 0.3) is 0 Å². The van der Waals surface area contributed by atoms with Crippen LogP contribution in [-0.4, -0.2) is 14.7 Å². The molecule has 48 valence electrons. The molecule has 0 aromatic rings. The van der Waals surface area contributed by atoms with Crippen molar-refractivity contribution in [1.82, 2.24) is 0 Å². The van der Waals surface area contributed by atoms with Gasteiger partial charge in [0.05, 0.1) is 0 Å². The summed E-state index contributed by atoms with van der Waals surface area (Å²) in [5.74, 6) is 0. The largest absolute Gasteiger partial charge is 0.444 e. The highest BCUT2D eigenvalue weighted by Gasteiger charge is 1.52. The number of hydrogen-bond donors (Lipinski definition) is 0. The summed E-state index contributed by atoms with van der Waals surface area (Å²) in [6.07, 6.45) is 0. The molecule has 0 atom stereocenters. The van der Waals surface area contributed by atoms with Gasteiger partial charge in [-0.1, -0.05) is 0 Å². The van der Waals surface area contributed by atoms with Crippen molar-refractivity contribution < 1.29 is 18.8 Å². The van der Waals surface area contributed by atoms with Gasteiger partial charge in [0.2, 0.25) is 0 Å². The molecule has 0 aromatic carbocycles. The fourth-order valence-electron chi connectivity index (χ4n) is 0. The van der Waals surface area contributed by atoms with Crippen LogP contribution in [0, 0.1) is 0 Å². The average Bonchev–Trinajstić information content (AvgIpc) is 1.37. The summed E-state index contributed by atoms with van der Waals surface area (Å²) in [5, 5.41) is 0. The van der Waals surface area contributed by atoms with Gasteiger partial charge in [-0.15, -0.1) is 0 Å². The first-order valence-corrected chi connectivity index (χ1v) is 1.40. The maximum Gasteiger partial charge on any atom is 0.257 e. The molecule has 0 aliphatic carbocycles. The van der Waals surface area contributed by atoms with E-state index in [1.807, 2.05) is 6.92 Å². The highest BCUT2D eigenvalue weighted by molar-refractivity contribution is 5.97. The van der Waals surface area contributed by atoms with Crippen molar-refractivity contribution in [2.24, 2.45) is 0 Å². The van der Waals surface area contributed by atoms with Gasteiger partial charge in [0.25, 0.3) is 8.05 Å². The van der Waals surface area contributed by atoms with E-state index in [0.717, 1.165) is 6.61 Å². The topological polar surface area (TPSA) is 9.23 Å². The Balaban J connectivity index is -0.0000000150. The van der Waals surface area contributed by atoms with Crippen molar-refractivity contribution in [3.05, 3.63) is 0 Å². The van der Waals surface area contributed by atoms with E-state index in [1.54, 1.807) is 8.05 Å². The quantitative estimate of drug-likeness (QED) is 0.441. The van der Waals surface area contributed by atoms with Crippen LogP contribution in [0.3, 0.4) is 0 Å². The molecular weight excluding hydrogens is 108 g/mol. The minimum absolute atomic E-state index is 0. The predicted molar refractivity (Wildman–Crippen MR) is 27.7 cm³/mol. The van der Waals surface area contributed by atoms with Gasteiger partial charge >= 0.3 is 0 Å². The van der Waals surface area contributed by atoms with E-state index in [4.69, 9.17) is 0 Å². The standard InChI is InChI=1S/C2H7BO.3FH/c1-2-4-3;;;/h2-3H2,1H3;3*1H. The number of hydrogen-bond acceptors (Lipinski definition) is 1. The molecule has 0 unspecified atom stereocenters. The zero-order chi connectivity index (χ0) is 3.41. The van der Waals surface area contributed by atoms with Crippen molar-refractivity contribution in [2.75, 3.05) is 6.61 Å². The van der Waals surface area contributed by atoms with Gasteiger partial charge in [-0.3, -0.25) is 14.1 Å². The lowest BCUT2D eigenvalue weighted by molar-refractivity contribution is 0.375. The Morgan fingerprint density at radius 2 is 1.43 bits per heavy atom. The maximum atomic E-state index is 4.54. The highest BCUT2D eigenvalue weighted by atomic mass is 19.0. The van der Waals surface area contributed by atoms with Gasteiger partial charge < -0.3 is 4.65 Å². The van der Waals surface area contributed by atoms with Crippen molar-refractivity contribution in [2.45, 2.75) is 6.92 Å². The van der Waals surface area contributed by atoms with Crippen molar-refractivity contribution >= 4 is 8.05 Å². The molecule has 0 heterocycles. The first-order chi connectivity index (χ1) is 1.91. The summed E-state index contributed by atoms with van der Waals surface area (Å²) >= 11 is 0. The Morgan fingerprint density at radius 1 is 1.29 bits per heavy atom.